The number of carbonyl (C=O) groups is 1. The molecule has 0 aromatic heterocycles. The zero-order valence-corrected chi connectivity index (χ0v) is 11.4. The Labute approximate surface area is 110 Å². The molecule has 2 aliphatic rings. The van der Waals surface area contributed by atoms with Crippen molar-refractivity contribution in [3.8, 4) is 0 Å². The van der Waals surface area contributed by atoms with Gasteiger partial charge in [0.2, 0.25) is 0 Å². The molecule has 0 aliphatic carbocycles. The molecule has 104 valence electrons. The van der Waals surface area contributed by atoms with Gasteiger partial charge in [0.1, 0.15) is 0 Å². The number of rotatable bonds is 4. The first kappa shape index (κ1) is 13.8. The van der Waals surface area contributed by atoms with Crippen LogP contribution in [0.3, 0.4) is 0 Å². The molecule has 0 saturated carbocycles. The molecule has 18 heavy (non-hydrogen) atoms. The molecule has 4 heteroatoms. The molecular weight excluding hydrogens is 230 g/mol. The summed E-state index contributed by atoms with van der Waals surface area (Å²) in [6.45, 7) is 6.33. The summed E-state index contributed by atoms with van der Waals surface area (Å²) in [7, 11) is 0. The molecule has 0 aromatic rings. The second-order valence-electron chi connectivity index (χ2n) is 5.32. The third-order valence-electron chi connectivity index (χ3n) is 3.94. The van der Waals surface area contributed by atoms with Crippen molar-refractivity contribution in [2.75, 3.05) is 32.8 Å². The number of carbonyl (C=O) groups excluding carboxylic acids is 1. The summed E-state index contributed by atoms with van der Waals surface area (Å²) < 4.78 is 10.8. The molecule has 4 nitrogen and oxygen atoms in total. The molecule has 0 amide bonds. The fourth-order valence-electron chi connectivity index (χ4n) is 2.85. The number of piperidine rings is 1. The molecule has 0 aromatic carbocycles. The van der Waals surface area contributed by atoms with Crippen molar-refractivity contribution in [1.82, 2.24) is 4.90 Å². The molecule has 0 spiro atoms. The summed E-state index contributed by atoms with van der Waals surface area (Å²) in [5.41, 5.74) is 0. The van der Waals surface area contributed by atoms with Crippen molar-refractivity contribution in [2.45, 2.75) is 45.1 Å². The van der Waals surface area contributed by atoms with Gasteiger partial charge >= 0.3 is 5.97 Å². The lowest BCUT2D eigenvalue weighted by Gasteiger charge is -2.34. The van der Waals surface area contributed by atoms with Crippen LogP contribution in [0, 0.1) is 5.92 Å². The first-order valence-electron chi connectivity index (χ1n) is 7.30. The van der Waals surface area contributed by atoms with Crippen LogP contribution in [0.1, 0.15) is 39.0 Å². The Kier molecular flexibility index (Phi) is 5.45. The largest absolute Gasteiger partial charge is 0.466 e. The Morgan fingerprint density at radius 2 is 2.06 bits per heavy atom. The van der Waals surface area contributed by atoms with E-state index in [1.54, 1.807) is 0 Å². The van der Waals surface area contributed by atoms with Crippen LogP contribution in [0.2, 0.25) is 0 Å². The molecule has 2 saturated heterocycles. The number of hydrogen-bond acceptors (Lipinski definition) is 4. The maximum atomic E-state index is 11.6. The first-order valence-corrected chi connectivity index (χ1v) is 7.30. The van der Waals surface area contributed by atoms with Gasteiger partial charge in [-0.25, -0.2) is 0 Å². The molecule has 0 bridgehead atoms. The van der Waals surface area contributed by atoms with E-state index in [2.05, 4.69) is 4.90 Å². The van der Waals surface area contributed by atoms with Crippen LogP contribution in [0.5, 0.6) is 0 Å². The van der Waals surface area contributed by atoms with Crippen LogP contribution >= 0.6 is 0 Å². The Morgan fingerprint density at radius 1 is 1.28 bits per heavy atom. The summed E-state index contributed by atoms with van der Waals surface area (Å²) in [4.78, 5) is 14.1. The van der Waals surface area contributed by atoms with E-state index in [1.807, 2.05) is 6.92 Å². The Morgan fingerprint density at radius 3 is 2.67 bits per heavy atom. The van der Waals surface area contributed by atoms with Gasteiger partial charge in [-0.2, -0.15) is 0 Å². The van der Waals surface area contributed by atoms with Gasteiger partial charge in [-0.05, 0) is 52.1 Å². The SMILES string of the molecule is CCOC(=O)C1CCN(CC2CCCCO2)CC1. The highest BCUT2D eigenvalue weighted by atomic mass is 16.5. The van der Waals surface area contributed by atoms with E-state index in [0.29, 0.717) is 12.7 Å². The van der Waals surface area contributed by atoms with Crippen molar-refractivity contribution >= 4 is 5.97 Å². The molecule has 0 radical (unpaired) electrons. The van der Waals surface area contributed by atoms with Gasteiger partial charge in [-0.3, -0.25) is 4.79 Å². The highest BCUT2D eigenvalue weighted by molar-refractivity contribution is 5.72. The number of nitrogens with zero attached hydrogens (tertiary/aromatic N) is 1. The van der Waals surface area contributed by atoms with Gasteiger partial charge < -0.3 is 14.4 Å². The number of esters is 1. The fourth-order valence-corrected chi connectivity index (χ4v) is 2.85. The van der Waals surface area contributed by atoms with Crippen LogP contribution in [0.4, 0.5) is 0 Å². The van der Waals surface area contributed by atoms with Gasteiger partial charge in [0.25, 0.3) is 0 Å². The van der Waals surface area contributed by atoms with Crippen molar-refractivity contribution < 1.29 is 14.3 Å². The average Bonchev–Trinajstić information content (AvgIpc) is 2.41. The molecule has 2 rings (SSSR count). The van der Waals surface area contributed by atoms with E-state index in [0.717, 1.165) is 39.1 Å². The van der Waals surface area contributed by atoms with Gasteiger partial charge in [-0.1, -0.05) is 0 Å². The lowest BCUT2D eigenvalue weighted by Crippen LogP contribution is -2.42. The standard InChI is InChI=1S/C14H25NO3/c1-2-17-14(16)12-6-8-15(9-7-12)11-13-5-3-4-10-18-13/h12-13H,2-11H2,1H3. The van der Waals surface area contributed by atoms with Crippen molar-refractivity contribution in [3.05, 3.63) is 0 Å². The van der Waals surface area contributed by atoms with E-state index in [4.69, 9.17) is 9.47 Å². The fraction of sp³-hybridized carbons (Fsp3) is 0.929. The third kappa shape index (κ3) is 3.95. The van der Waals surface area contributed by atoms with Crippen LogP contribution in [-0.4, -0.2) is 49.8 Å². The molecule has 2 heterocycles. The smallest absolute Gasteiger partial charge is 0.309 e. The monoisotopic (exact) mass is 255 g/mol. The highest BCUT2D eigenvalue weighted by Gasteiger charge is 2.27. The van der Waals surface area contributed by atoms with E-state index < -0.39 is 0 Å². The highest BCUT2D eigenvalue weighted by Crippen LogP contribution is 2.21. The van der Waals surface area contributed by atoms with Gasteiger partial charge in [0, 0.05) is 13.2 Å². The summed E-state index contributed by atoms with van der Waals surface area (Å²) in [6.07, 6.45) is 5.98. The summed E-state index contributed by atoms with van der Waals surface area (Å²) in [5.74, 6) is 0.111. The zero-order chi connectivity index (χ0) is 12.8. The minimum absolute atomic E-state index is 0.00827. The minimum Gasteiger partial charge on any atom is -0.466 e. The normalized spacial score (nSPS) is 27.1. The minimum atomic E-state index is -0.00827. The number of ether oxygens (including phenoxy) is 2. The van der Waals surface area contributed by atoms with Gasteiger partial charge in [0.15, 0.2) is 0 Å². The maximum Gasteiger partial charge on any atom is 0.309 e. The van der Waals surface area contributed by atoms with E-state index in [-0.39, 0.29) is 11.9 Å². The van der Waals surface area contributed by atoms with Crippen LogP contribution in [-0.2, 0) is 14.3 Å². The number of likely N-dealkylation sites (tertiary alicyclic amines) is 1. The predicted molar refractivity (Wildman–Crippen MR) is 69.4 cm³/mol. The molecule has 1 atom stereocenters. The zero-order valence-electron chi connectivity index (χ0n) is 11.4. The Hall–Kier alpha value is -0.610. The van der Waals surface area contributed by atoms with Crippen molar-refractivity contribution in [2.24, 2.45) is 5.92 Å². The second kappa shape index (κ2) is 7.10. The third-order valence-corrected chi connectivity index (χ3v) is 3.94. The molecule has 2 aliphatic heterocycles. The number of hydrogen-bond donors (Lipinski definition) is 0. The van der Waals surface area contributed by atoms with Crippen molar-refractivity contribution in [1.29, 1.82) is 0 Å². The van der Waals surface area contributed by atoms with Gasteiger partial charge in [-0.15, -0.1) is 0 Å². The van der Waals surface area contributed by atoms with E-state index >= 15 is 0 Å². The molecule has 2 fully saturated rings. The predicted octanol–water partition coefficient (Wildman–Crippen LogP) is 1.83. The van der Waals surface area contributed by atoms with Gasteiger partial charge in [0.05, 0.1) is 18.6 Å². The summed E-state index contributed by atoms with van der Waals surface area (Å²) in [5, 5.41) is 0. The first-order chi connectivity index (χ1) is 8.79. The van der Waals surface area contributed by atoms with Crippen LogP contribution in [0.25, 0.3) is 0 Å². The second-order valence-corrected chi connectivity index (χ2v) is 5.32. The van der Waals surface area contributed by atoms with E-state index in [1.165, 1.54) is 19.3 Å². The maximum absolute atomic E-state index is 11.6. The summed E-state index contributed by atoms with van der Waals surface area (Å²) in [6, 6.07) is 0. The summed E-state index contributed by atoms with van der Waals surface area (Å²) >= 11 is 0. The Bertz CT molecular complexity index is 256. The molecule has 1 unspecified atom stereocenters. The molecular formula is C14H25NO3. The van der Waals surface area contributed by atoms with Crippen molar-refractivity contribution in [3.63, 3.8) is 0 Å². The quantitative estimate of drug-likeness (QED) is 0.718. The van der Waals surface area contributed by atoms with Crippen LogP contribution in [0.15, 0.2) is 0 Å². The molecule has 0 N–H and O–H groups in total. The van der Waals surface area contributed by atoms with E-state index in [9.17, 15) is 4.79 Å². The lowest BCUT2D eigenvalue weighted by atomic mass is 9.96. The lowest BCUT2D eigenvalue weighted by molar-refractivity contribution is -0.149. The Balaban J connectivity index is 1.68. The van der Waals surface area contributed by atoms with Crippen LogP contribution < -0.4 is 0 Å². The average molecular weight is 255 g/mol. The topological polar surface area (TPSA) is 38.8 Å².